The number of nitrogens with zero attached hydrogens (tertiary/aromatic N) is 1. The van der Waals surface area contributed by atoms with Crippen molar-refractivity contribution in [1.82, 2.24) is 15.5 Å². The maximum absolute atomic E-state index is 4.24. The molecular formula is C20H21N3. The van der Waals surface area contributed by atoms with Crippen molar-refractivity contribution in [2.24, 2.45) is 0 Å². The smallest absolute Gasteiger partial charge is 0.0695 e. The van der Waals surface area contributed by atoms with E-state index in [1.165, 1.54) is 41.5 Å². The summed E-state index contributed by atoms with van der Waals surface area (Å²) in [6.45, 7) is 0.886. The van der Waals surface area contributed by atoms with E-state index in [1.807, 2.05) is 12.3 Å². The number of aromatic nitrogens is 2. The van der Waals surface area contributed by atoms with E-state index >= 15 is 0 Å². The van der Waals surface area contributed by atoms with E-state index in [0.29, 0.717) is 6.04 Å². The first-order valence-electron chi connectivity index (χ1n) is 8.31. The molecule has 0 atom stereocenters. The van der Waals surface area contributed by atoms with Crippen LogP contribution in [0.2, 0.25) is 0 Å². The average Bonchev–Trinajstić information content (AvgIpc) is 3.03. The standard InChI is InChI=1S/C20H21N3/c1-2-5-15(6-3-1)16-9-11-17(12-10-16)20-18(14-22-23-20)13-21-19-7-4-8-19/h1-3,5-6,9-12,14,19,21H,4,7-8,13H2,(H,22,23). The van der Waals surface area contributed by atoms with Crippen LogP contribution in [0.3, 0.4) is 0 Å². The van der Waals surface area contributed by atoms with Crippen LogP contribution in [0.5, 0.6) is 0 Å². The van der Waals surface area contributed by atoms with Gasteiger partial charge in [0.15, 0.2) is 0 Å². The van der Waals surface area contributed by atoms with E-state index in [0.717, 1.165) is 12.2 Å². The van der Waals surface area contributed by atoms with Gasteiger partial charge in [-0.1, -0.05) is 61.0 Å². The normalized spacial score (nSPS) is 14.6. The Morgan fingerprint density at radius 1 is 0.913 bits per heavy atom. The van der Waals surface area contributed by atoms with Crippen molar-refractivity contribution in [2.75, 3.05) is 0 Å². The summed E-state index contributed by atoms with van der Waals surface area (Å²) in [5.41, 5.74) is 6.03. The lowest BCUT2D eigenvalue weighted by Gasteiger charge is -2.26. The second kappa shape index (κ2) is 6.39. The molecule has 3 nitrogen and oxygen atoms in total. The molecule has 0 aliphatic heterocycles. The molecule has 2 aromatic carbocycles. The Morgan fingerprint density at radius 2 is 1.61 bits per heavy atom. The van der Waals surface area contributed by atoms with Gasteiger partial charge in [0.25, 0.3) is 0 Å². The summed E-state index contributed by atoms with van der Waals surface area (Å²) >= 11 is 0. The first-order valence-corrected chi connectivity index (χ1v) is 8.31. The minimum absolute atomic E-state index is 0.693. The van der Waals surface area contributed by atoms with Gasteiger partial charge in [0, 0.05) is 18.2 Å². The predicted octanol–water partition coefficient (Wildman–Crippen LogP) is 4.39. The Balaban J connectivity index is 1.53. The Morgan fingerprint density at radius 3 is 2.30 bits per heavy atom. The zero-order valence-corrected chi connectivity index (χ0v) is 13.1. The molecule has 3 heteroatoms. The van der Waals surface area contributed by atoms with E-state index in [9.17, 15) is 0 Å². The molecule has 1 aliphatic rings. The van der Waals surface area contributed by atoms with Crippen LogP contribution in [0.15, 0.2) is 60.8 Å². The quantitative estimate of drug-likeness (QED) is 0.734. The van der Waals surface area contributed by atoms with Crippen LogP contribution in [-0.4, -0.2) is 16.2 Å². The summed E-state index contributed by atoms with van der Waals surface area (Å²) in [4.78, 5) is 0. The number of benzene rings is 2. The molecule has 0 amide bonds. The van der Waals surface area contributed by atoms with Gasteiger partial charge in [0.05, 0.1) is 11.9 Å². The fraction of sp³-hybridized carbons (Fsp3) is 0.250. The fourth-order valence-electron chi connectivity index (χ4n) is 3.02. The summed E-state index contributed by atoms with van der Waals surface area (Å²) in [6.07, 6.45) is 5.90. The number of hydrogen-bond acceptors (Lipinski definition) is 2. The molecule has 1 heterocycles. The molecule has 1 fully saturated rings. The van der Waals surface area contributed by atoms with Crippen molar-refractivity contribution < 1.29 is 0 Å². The topological polar surface area (TPSA) is 40.7 Å². The maximum Gasteiger partial charge on any atom is 0.0695 e. The monoisotopic (exact) mass is 303 g/mol. The first kappa shape index (κ1) is 14.2. The summed E-state index contributed by atoms with van der Waals surface area (Å²) in [7, 11) is 0. The van der Waals surface area contributed by atoms with Crippen molar-refractivity contribution in [3.63, 3.8) is 0 Å². The number of aromatic amines is 1. The largest absolute Gasteiger partial charge is 0.310 e. The van der Waals surface area contributed by atoms with E-state index in [-0.39, 0.29) is 0 Å². The van der Waals surface area contributed by atoms with Crippen LogP contribution in [0.25, 0.3) is 22.4 Å². The van der Waals surface area contributed by atoms with Crippen LogP contribution < -0.4 is 5.32 Å². The van der Waals surface area contributed by atoms with Gasteiger partial charge >= 0.3 is 0 Å². The van der Waals surface area contributed by atoms with E-state index in [4.69, 9.17) is 0 Å². The molecule has 1 aliphatic carbocycles. The van der Waals surface area contributed by atoms with Crippen molar-refractivity contribution >= 4 is 0 Å². The maximum atomic E-state index is 4.24. The molecule has 0 bridgehead atoms. The number of rotatable bonds is 5. The summed E-state index contributed by atoms with van der Waals surface area (Å²) in [5, 5.41) is 11.0. The third-order valence-electron chi connectivity index (χ3n) is 4.68. The lowest BCUT2D eigenvalue weighted by atomic mass is 9.93. The Hall–Kier alpha value is -2.39. The zero-order chi connectivity index (χ0) is 15.5. The van der Waals surface area contributed by atoms with Gasteiger partial charge in [-0.3, -0.25) is 5.10 Å². The Labute approximate surface area is 136 Å². The van der Waals surface area contributed by atoms with Crippen molar-refractivity contribution in [2.45, 2.75) is 31.8 Å². The number of hydrogen-bond donors (Lipinski definition) is 2. The van der Waals surface area contributed by atoms with Gasteiger partial charge in [-0.15, -0.1) is 0 Å². The molecule has 0 unspecified atom stereocenters. The van der Waals surface area contributed by atoms with Crippen LogP contribution in [0.1, 0.15) is 24.8 Å². The van der Waals surface area contributed by atoms with Crippen LogP contribution in [0, 0.1) is 0 Å². The molecule has 116 valence electrons. The summed E-state index contributed by atoms with van der Waals surface area (Å²) in [6, 6.07) is 19.8. The molecule has 3 aromatic rings. The van der Waals surface area contributed by atoms with Crippen LogP contribution in [0.4, 0.5) is 0 Å². The van der Waals surface area contributed by atoms with Gasteiger partial charge in [-0.05, 0) is 29.5 Å². The molecule has 0 saturated heterocycles. The van der Waals surface area contributed by atoms with Crippen molar-refractivity contribution in [1.29, 1.82) is 0 Å². The second-order valence-corrected chi connectivity index (χ2v) is 6.22. The van der Waals surface area contributed by atoms with Gasteiger partial charge in [-0.25, -0.2) is 0 Å². The lowest BCUT2D eigenvalue weighted by Crippen LogP contribution is -2.34. The SMILES string of the molecule is c1ccc(-c2ccc(-c3[nH]ncc3CNC3CCC3)cc2)cc1. The first-order chi connectivity index (χ1) is 11.4. The summed E-state index contributed by atoms with van der Waals surface area (Å²) in [5.74, 6) is 0. The highest BCUT2D eigenvalue weighted by molar-refractivity contribution is 5.69. The van der Waals surface area contributed by atoms with E-state index < -0.39 is 0 Å². The molecule has 1 saturated carbocycles. The third kappa shape index (κ3) is 3.06. The van der Waals surface area contributed by atoms with Crippen molar-refractivity contribution in [3.05, 3.63) is 66.4 Å². The van der Waals surface area contributed by atoms with Crippen molar-refractivity contribution in [3.8, 4) is 22.4 Å². The van der Waals surface area contributed by atoms with Gasteiger partial charge in [0.2, 0.25) is 0 Å². The highest BCUT2D eigenvalue weighted by Gasteiger charge is 2.17. The molecule has 0 spiro atoms. The lowest BCUT2D eigenvalue weighted by molar-refractivity contribution is 0.338. The average molecular weight is 303 g/mol. The number of H-pyrrole nitrogens is 1. The Kier molecular flexibility index (Phi) is 3.95. The predicted molar refractivity (Wildman–Crippen MR) is 93.9 cm³/mol. The highest BCUT2D eigenvalue weighted by Crippen LogP contribution is 2.26. The molecular weight excluding hydrogens is 282 g/mol. The second-order valence-electron chi connectivity index (χ2n) is 6.22. The third-order valence-corrected chi connectivity index (χ3v) is 4.68. The van der Waals surface area contributed by atoms with Crippen LogP contribution in [-0.2, 0) is 6.54 Å². The van der Waals surface area contributed by atoms with E-state index in [1.54, 1.807) is 0 Å². The minimum atomic E-state index is 0.693. The van der Waals surface area contributed by atoms with Crippen LogP contribution >= 0.6 is 0 Å². The molecule has 23 heavy (non-hydrogen) atoms. The van der Waals surface area contributed by atoms with Gasteiger partial charge in [0.1, 0.15) is 0 Å². The Bertz CT molecular complexity index is 755. The number of nitrogens with one attached hydrogen (secondary N) is 2. The molecule has 1 aromatic heterocycles. The molecule has 4 rings (SSSR count). The minimum Gasteiger partial charge on any atom is -0.310 e. The molecule has 0 radical (unpaired) electrons. The van der Waals surface area contributed by atoms with Gasteiger partial charge < -0.3 is 5.32 Å². The highest BCUT2D eigenvalue weighted by atomic mass is 15.1. The molecule has 2 N–H and O–H groups in total. The fourth-order valence-corrected chi connectivity index (χ4v) is 3.02. The van der Waals surface area contributed by atoms with E-state index in [2.05, 4.69) is 64.0 Å². The zero-order valence-electron chi connectivity index (χ0n) is 13.1. The summed E-state index contributed by atoms with van der Waals surface area (Å²) < 4.78 is 0. The van der Waals surface area contributed by atoms with Gasteiger partial charge in [-0.2, -0.15) is 5.10 Å².